The van der Waals surface area contributed by atoms with Crippen molar-refractivity contribution in [1.29, 1.82) is 0 Å². The maximum Gasteiger partial charge on any atom is 0.348 e. The van der Waals surface area contributed by atoms with E-state index in [2.05, 4.69) is 9.97 Å². The summed E-state index contributed by atoms with van der Waals surface area (Å²) >= 11 is 7.11. The molecule has 2 aromatic heterocycles. The van der Waals surface area contributed by atoms with E-state index in [0.29, 0.717) is 33.1 Å². The third-order valence-corrected chi connectivity index (χ3v) is 4.55. The number of likely N-dealkylation sites (N-methyl/N-ethyl adjacent to an activating group) is 1. The molecule has 0 aliphatic heterocycles. The molecular formula is C15H18ClN3O4S. The summed E-state index contributed by atoms with van der Waals surface area (Å²) in [4.78, 5) is 33.9. The van der Waals surface area contributed by atoms with Crippen molar-refractivity contribution in [2.24, 2.45) is 5.92 Å². The third-order valence-electron chi connectivity index (χ3n) is 3.21. The van der Waals surface area contributed by atoms with Crippen LogP contribution in [-0.2, 0) is 9.53 Å². The standard InChI is InChI=1S/C15H18ClN3O4S/c1-7(2)6-23-14(22)11-8(3)10-12(19(4)5-9(20)21)17-15(16)18-13(10)24-11/h7H,5-6H2,1-4H3,(H,20,21). The van der Waals surface area contributed by atoms with E-state index in [9.17, 15) is 9.59 Å². The fourth-order valence-electron chi connectivity index (χ4n) is 2.15. The Morgan fingerprint density at radius 2 is 2.04 bits per heavy atom. The summed E-state index contributed by atoms with van der Waals surface area (Å²) in [6.07, 6.45) is 0. The molecule has 0 saturated carbocycles. The van der Waals surface area contributed by atoms with Gasteiger partial charge in [-0.15, -0.1) is 11.3 Å². The number of fused-ring (bicyclic) bond motifs is 1. The number of thiophene rings is 1. The lowest BCUT2D eigenvalue weighted by atomic mass is 10.2. The van der Waals surface area contributed by atoms with E-state index in [-0.39, 0.29) is 17.7 Å². The van der Waals surface area contributed by atoms with Crippen LogP contribution in [0.25, 0.3) is 10.2 Å². The maximum absolute atomic E-state index is 12.3. The molecule has 0 spiro atoms. The fourth-order valence-corrected chi connectivity index (χ4v) is 3.43. The minimum absolute atomic E-state index is 0.00177. The molecular weight excluding hydrogens is 354 g/mol. The van der Waals surface area contributed by atoms with Gasteiger partial charge < -0.3 is 14.7 Å². The summed E-state index contributed by atoms with van der Waals surface area (Å²) in [6.45, 7) is 5.75. The molecule has 2 heterocycles. The number of ether oxygens (including phenoxy) is 1. The normalized spacial score (nSPS) is 11.1. The molecule has 0 bridgehead atoms. The predicted octanol–water partition coefficient (Wildman–Crippen LogP) is 2.99. The lowest BCUT2D eigenvalue weighted by Gasteiger charge is -2.17. The summed E-state index contributed by atoms with van der Waals surface area (Å²) in [5.74, 6) is -0.809. The number of carboxylic acid groups (broad SMARTS) is 1. The third kappa shape index (κ3) is 3.93. The highest BCUT2D eigenvalue weighted by molar-refractivity contribution is 7.20. The molecule has 0 amide bonds. The van der Waals surface area contributed by atoms with E-state index in [1.54, 1.807) is 14.0 Å². The van der Waals surface area contributed by atoms with Gasteiger partial charge in [0.25, 0.3) is 0 Å². The molecule has 0 radical (unpaired) electrons. The van der Waals surface area contributed by atoms with Crippen LogP contribution in [0.3, 0.4) is 0 Å². The number of hydrogen-bond acceptors (Lipinski definition) is 7. The van der Waals surface area contributed by atoms with Crippen molar-refractivity contribution in [2.75, 3.05) is 25.1 Å². The highest BCUT2D eigenvalue weighted by Crippen LogP contribution is 2.36. The van der Waals surface area contributed by atoms with Crippen molar-refractivity contribution >= 4 is 50.9 Å². The lowest BCUT2D eigenvalue weighted by Crippen LogP contribution is -2.26. The average Bonchev–Trinajstić information content (AvgIpc) is 2.80. The van der Waals surface area contributed by atoms with E-state index < -0.39 is 11.9 Å². The van der Waals surface area contributed by atoms with Gasteiger partial charge in [0.1, 0.15) is 22.1 Å². The maximum atomic E-state index is 12.3. The minimum atomic E-state index is -0.996. The van der Waals surface area contributed by atoms with Crippen molar-refractivity contribution in [3.63, 3.8) is 0 Å². The number of carbonyl (C=O) groups is 2. The number of hydrogen-bond donors (Lipinski definition) is 1. The number of carbonyl (C=O) groups excluding carboxylic acids is 1. The molecule has 0 saturated heterocycles. The molecule has 9 heteroatoms. The van der Waals surface area contributed by atoms with Gasteiger partial charge in [0.05, 0.1) is 12.0 Å². The second kappa shape index (κ2) is 7.31. The summed E-state index contributed by atoms with van der Waals surface area (Å²) in [5.41, 5.74) is 0.660. The Morgan fingerprint density at radius 1 is 1.38 bits per heavy atom. The molecule has 1 N–H and O–H groups in total. The molecule has 0 aliphatic rings. The molecule has 2 aromatic rings. The van der Waals surface area contributed by atoms with Crippen LogP contribution in [0, 0.1) is 12.8 Å². The number of anilines is 1. The molecule has 0 aromatic carbocycles. The van der Waals surface area contributed by atoms with Crippen molar-refractivity contribution < 1.29 is 19.4 Å². The van der Waals surface area contributed by atoms with Gasteiger partial charge in [0.15, 0.2) is 0 Å². The van der Waals surface area contributed by atoms with Gasteiger partial charge in [0.2, 0.25) is 5.28 Å². The van der Waals surface area contributed by atoms with Crippen LogP contribution in [0.4, 0.5) is 5.82 Å². The van der Waals surface area contributed by atoms with Crippen molar-refractivity contribution in [3.05, 3.63) is 15.7 Å². The first-order valence-corrected chi connectivity index (χ1v) is 8.46. The number of aliphatic carboxylic acids is 1. The topological polar surface area (TPSA) is 92.6 Å². The van der Waals surface area contributed by atoms with E-state index in [4.69, 9.17) is 21.4 Å². The van der Waals surface area contributed by atoms with Crippen molar-refractivity contribution in [2.45, 2.75) is 20.8 Å². The number of aryl methyl sites for hydroxylation is 1. The van der Waals surface area contributed by atoms with Gasteiger partial charge in [-0.2, -0.15) is 4.98 Å². The number of halogens is 1. The Morgan fingerprint density at radius 3 is 2.62 bits per heavy atom. The molecule has 24 heavy (non-hydrogen) atoms. The molecule has 2 rings (SSSR count). The van der Waals surface area contributed by atoms with Crippen LogP contribution >= 0.6 is 22.9 Å². The number of rotatable bonds is 6. The first kappa shape index (κ1) is 18.4. The van der Waals surface area contributed by atoms with Gasteiger partial charge >= 0.3 is 11.9 Å². The largest absolute Gasteiger partial charge is 0.480 e. The lowest BCUT2D eigenvalue weighted by molar-refractivity contribution is -0.135. The quantitative estimate of drug-likeness (QED) is 0.616. The zero-order valence-corrected chi connectivity index (χ0v) is 15.4. The summed E-state index contributed by atoms with van der Waals surface area (Å²) in [5, 5.41) is 9.60. The van der Waals surface area contributed by atoms with Crippen molar-refractivity contribution in [3.8, 4) is 0 Å². The Balaban J connectivity index is 2.50. The van der Waals surface area contributed by atoms with Crippen LogP contribution in [-0.4, -0.2) is 47.2 Å². The van der Waals surface area contributed by atoms with E-state index in [1.165, 1.54) is 4.90 Å². The number of carboxylic acids is 1. The summed E-state index contributed by atoms with van der Waals surface area (Å²) in [7, 11) is 1.60. The Labute approximate surface area is 148 Å². The van der Waals surface area contributed by atoms with Gasteiger partial charge in [-0.05, 0) is 30.0 Å². The van der Waals surface area contributed by atoms with Gasteiger partial charge in [0, 0.05) is 7.05 Å². The number of aromatic nitrogens is 2. The predicted molar refractivity (Wildman–Crippen MR) is 93.2 cm³/mol. The molecule has 7 nitrogen and oxygen atoms in total. The van der Waals surface area contributed by atoms with Crippen molar-refractivity contribution in [1.82, 2.24) is 9.97 Å². The van der Waals surface area contributed by atoms with Crippen LogP contribution in [0.5, 0.6) is 0 Å². The summed E-state index contributed by atoms with van der Waals surface area (Å²) in [6, 6.07) is 0. The second-order valence-electron chi connectivity index (χ2n) is 5.79. The molecule has 0 atom stereocenters. The zero-order chi connectivity index (χ0) is 18.0. The van der Waals surface area contributed by atoms with E-state index in [0.717, 1.165) is 11.3 Å². The van der Waals surface area contributed by atoms with Crippen LogP contribution in [0.1, 0.15) is 29.1 Å². The zero-order valence-electron chi connectivity index (χ0n) is 13.8. The first-order chi connectivity index (χ1) is 11.2. The first-order valence-electron chi connectivity index (χ1n) is 7.27. The highest BCUT2D eigenvalue weighted by Gasteiger charge is 2.23. The van der Waals surface area contributed by atoms with E-state index >= 15 is 0 Å². The minimum Gasteiger partial charge on any atom is -0.480 e. The molecule has 0 aliphatic carbocycles. The Bertz CT molecular complexity index is 791. The van der Waals surface area contributed by atoms with Gasteiger partial charge in [-0.3, -0.25) is 4.79 Å². The molecule has 130 valence electrons. The Kier molecular flexibility index (Phi) is 5.61. The monoisotopic (exact) mass is 371 g/mol. The smallest absolute Gasteiger partial charge is 0.348 e. The molecule has 0 fully saturated rings. The Hall–Kier alpha value is -1.93. The highest BCUT2D eigenvalue weighted by atomic mass is 35.5. The molecule has 0 unspecified atom stereocenters. The van der Waals surface area contributed by atoms with Crippen LogP contribution in [0.2, 0.25) is 5.28 Å². The average molecular weight is 372 g/mol. The van der Waals surface area contributed by atoms with Crippen LogP contribution in [0.15, 0.2) is 0 Å². The van der Waals surface area contributed by atoms with Crippen LogP contribution < -0.4 is 4.90 Å². The fraction of sp³-hybridized carbons (Fsp3) is 0.467. The number of nitrogens with zero attached hydrogens (tertiary/aromatic N) is 3. The summed E-state index contributed by atoms with van der Waals surface area (Å²) < 4.78 is 5.28. The SMILES string of the molecule is Cc1c(C(=O)OCC(C)C)sc2nc(Cl)nc(N(C)CC(=O)O)c12. The van der Waals surface area contributed by atoms with Gasteiger partial charge in [-0.1, -0.05) is 13.8 Å². The second-order valence-corrected chi connectivity index (χ2v) is 7.13. The number of esters is 1. The van der Waals surface area contributed by atoms with Gasteiger partial charge in [-0.25, -0.2) is 9.78 Å². The van der Waals surface area contributed by atoms with E-state index in [1.807, 2.05) is 13.8 Å².